The van der Waals surface area contributed by atoms with Crippen LogP contribution in [0.5, 0.6) is 5.75 Å². The number of H-pyrrole nitrogens is 1. The molecule has 0 saturated carbocycles. The summed E-state index contributed by atoms with van der Waals surface area (Å²) in [6, 6.07) is 11.9. The molecule has 1 aliphatic rings. The number of phenols is 1. The summed E-state index contributed by atoms with van der Waals surface area (Å²) in [7, 11) is 0. The smallest absolute Gasteiger partial charge is 0.273 e. The number of aromatic nitrogens is 2. The van der Waals surface area contributed by atoms with Crippen LogP contribution < -0.4 is 0 Å². The van der Waals surface area contributed by atoms with Crippen LogP contribution in [0.4, 0.5) is 0 Å². The summed E-state index contributed by atoms with van der Waals surface area (Å²) in [6.07, 6.45) is 2.69. The molecule has 0 bridgehead atoms. The maximum Gasteiger partial charge on any atom is 0.273 e. The van der Waals surface area contributed by atoms with Crippen LogP contribution >= 0.6 is 0 Å². The van der Waals surface area contributed by atoms with Crippen molar-refractivity contribution in [2.75, 3.05) is 6.54 Å². The number of carbonyl (C=O) groups is 1. The number of rotatable bonds is 5. The highest BCUT2D eigenvalue weighted by molar-refractivity contribution is 6.00. The first-order valence-electron chi connectivity index (χ1n) is 9.85. The predicted octanol–water partition coefficient (Wildman–Crippen LogP) is 4.69. The molecule has 0 fully saturated rings. The van der Waals surface area contributed by atoms with Gasteiger partial charge in [0.15, 0.2) is 0 Å². The zero-order valence-corrected chi connectivity index (χ0v) is 17.0. The first-order valence-corrected chi connectivity index (χ1v) is 9.85. The second kappa shape index (κ2) is 7.24. The summed E-state index contributed by atoms with van der Waals surface area (Å²) < 4.78 is 0. The maximum absolute atomic E-state index is 13.1. The maximum atomic E-state index is 13.1. The lowest BCUT2D eigenvalue weighted by atomic mass is 9.93. The van der Waals surface area contributed by atoms with Gasteiger partial charge in [-0.2, -0.15) is 5.10 Å². The molecule has 4 rings (SSSR count). The monoisotopic (exact) mass is 387 g/mol. The highest BCUT2D eigenvalue weighted by atomic mass is 16.3. The van der Waals surface area contributed by atoms with E-state index in [-0.39, 0.29) is 17.7 Å². The van der Waals surface area contributed by atoms with Crippen molar-refractivity contribution in [1.29, 1.82) is 0 Å². The Bertz CT molecular complexity index is 1100. The molecule has 0 spiro atoms. The summed E-state index contributed by atoms with van der Waals surface area (Å²) in [6.45, 7) is 10.2. The Morgan fingerprint density at radius 3 is 2.62 bits per heavy atom. The van der Waals surface area contributed by atoms with Gasteiger partial charge in [0, 0.05) is 17.7 Å². The van der Waals surface area contributed by atoms with Crippen molar-refractivity contribution in [1.82, 2.24) is 15.1 Å². The van der Waals surface area contributed by atoms with E-state index in [0.717, 1.165) is 28.7 Å². The first-order chi connectivity index (χ1) is 14.0. The van der Waals surface area contributed by atoms with Crippen molar-refractivity contribution in [3.8, 4) is 17.0 Å². The van der Waals surface area contributed by atoms with E-state index in [9.17, 15) is 9.90 Å². The Morgan fingerprint density at radius 2 is 1.97 bits per heavy atom. The van der Waals surface area contributed by atoms with E-state index >= 15 is 0 Å². The molecule has 1 aromatic heterocycles. The molecule has 5 heteroatoms. The second-order valence-electron chi connectivity index (χ2n) is 7.58. The van der Waals surface area contributed by atoms with E-state index in [1.165, 1.54) is 5.56 Å². The van der Waals surface area contributed by atoms with E-state index in [1.807, 2.05) is 26.0 Å². The van der Waals surface area contributed by atoms with Crippen LogP contribution in [0.3, 0.4) is 0 Å². The molecule has 2 aromatic carbocycles. The van der Waals surface area contributed by atoms with Gasteiger partial charge >= 0.3 is 0 Å². The average molecular weight is 387 g/mol. The van der Waals surface area contributed by atoms with Crippen LogP contribution in [-0.2, 0) is 6.42 Å². The topological polar surface area (TPSA) is 69.2 Å². The molecule has 1 atom stereocenters. The largest absolute Gasteiger partial charge is 0.507 e. The minimum atomic E-state index is -0.282. The average Bonchev–Trinajstić information content (AvgIpc) is 3.25. The highest BCUT2D eigenvalue weighted by Gasteiger charge is 2.42. The molecule has 1 amide bonds. The van der Waals surface area contributed by atoms with Gasteiger partial charge < -0.3 is 10.0 Å². The van der Waals surface area contributed by atoms with E-state index < -0.39 is 0 Å². The van der Waals surface area contributed by atoms with Crippen molar-refractivity contribution in [2.24, 2.45) is 0 Å². The minimum absolute atomic E-state index is 0.105. The molecule has 2 N–H and O–H groups in total. The molecule has 3 aromatic rings. The third-order valence-corrected chi connectivity index (χ3v) is 5.59. The number of fused-ring (bicyclic) bond motifs is 1. The summed E-state index contributed by atoms with van der Waals surface area (Å²) >= 11 is 0. The Kier molecular flexibility index (Phi) is 4.74. The number of phenolic OH excluding ortho intramolecular Hbond substituents is 1. The van der Waals surface area contributed by atoms with Gasteiger partial charge in [-0.05, 0) is 48.6 Å². The van der Waals surface area contributed by atoms with Gasteiger partial charge in [-0.15, -0.1) is 6.58 Å². The van der Waals surface area contributed by atoms with E-state index in [2.05, 4.69) is 48.0 Å². The van der Waals surface area contributed by atoms with E-state index in [4.69, 9.17) is 0 Å². The summed E-state index contributed by atoms with van der Waals surface area (Å²) in [5, 5.41) is 18.1. The zero-order chi connectivity index (χ0) is 20.7. The number of aromatic hydroxyl groups is 1. The number of aromatic amines is 1. The SMILES string of the molecule is C=CCN1C(=O)c2[nH]nc(-c3cc(C)cc(C)c3O)c2C1c1ccc(CC)cc1. The second-order valence-corrected chi connectivity index (χ2v) is 7.58. The van der Waals surface area contributed by atoms with Crippen LogP contribution in [0, 0.1) is 13.8 Å². The Hall–Kier alpha value is -3.34. The number of amides is 1. The molecule has 5 nitrogen and oxygen atoms in total. The number of benzene rings is 2. The van der Waals surface area contributed by atoms with Crippen LogP contribution in [0.15, 0.2) is 49.1 Å². The van der Waals surface area contributed by atoms with Gasteiger partial charge in [0.05, 0.1) is 6.04 Å². The number of nitrogens with one attached hydrogen (secondary N) is 1. The lowest BCUT2D eigenvalue weighted by molar-refractivity contribution is 0.0764. The van der Waals surface area contributed by atoms with Crippen molar-refractivity contribution in [3.05, 3.63) is 82.6 Å². The molecule has 0 aliphatic carbocycles. The Morgan fingerprint density at radius 1 is 1.24 bits per heavy atom. The van der Waals surface area contributed by atoms with Gasteiger partial charge in [-0.25, -0.2) is 0 Å². The fourth-order valence-corrected chi connectivity index (χ4v) is 4.15. The fourth-order valence-electron chi connectivity index (χ4n) is 4.15. The molecule has 1 unspecified atom stereocenters. The van der Waals surface area contributed by atoms with E-state index in [0.29, 0.717) is 23.5 Å². The third kappa shape index (κ3) is 3.03. The molecule has 1 aliphatic heterocycles. The number of carbonyl (C=O) groups excluding carboxylic acids is 1. The van der Waals surface area contributed by atoms with Gasteiger partial charge in [0.2, 0.25) is 0 Å². The molecule has 29 heavy (non-hydrogen) atoms. The summed E-state index contributed by atoms with van der Waals surface area (Å²) in [5.41, 5.74) is 6.62. The third-order valence-electron chi connectivity index (χ3n) is 5.59. The van der Waals surface area contributed by atoms with Crippen molar-refractivity contribution < 1.29 is 9.90 Å². The van der Waals surface area contributed by atoms with Crippen molar-refractivity contribution in [3.63, 3.8) is 0 Å². The quantitative estimate of drug-likeness (QED) is 0.624. The normalized spacial score (nSPS) is 15.6. The molecule has 2 heterocycles. The highest BCUT2D eigenvalue weighted by Crippen LogP contribution is 2.45. The Labute approximate surface area is 170 Å². The molecular weight excluding hydrogens is 362 g/mol. The minimum Gasteiger partial charge on any atom is -0.507 e. The number of hydrogen-bond acceptors (Lipinski definition) is 3. The molecule has 148 valence electrons. The number of hydrogen-bond donors (Lipinski definition) is 2. The van der Waals surface area contributed by atoms with Gasteiger partial charge in [-0.3, -0.25) is 9.89 Å². The lowest BCUT2D eigenvalue weighted by Gasteiger charge is -2.25. The van der Waals surface area contributed by atoms with Crippen LogP contribution in [0.1, 0.15) is 51.3 Å². The molecule has 0 radical (unpaired) electrons. The van der Waals surface area contributed by atoms with Crippen molar-refractivity contribution >= 4 is 5.91 Å². The van der Waals surface area contributed by atoms with Crippen LogP contribution in [0.2, 0.25) is 0 Å². The van der Waals surface area contributed by atoms with Crippen LogP contribution in [0.25, 0.3) is 11.3 Å². The van der Waals surface area contributed by atoms with Gasteiger partial charge in [0.1, 0.15) is 17.1 Å². The van der Waals surface area contributed by atoms with E-state index in [1.54, 1.807) is 11.0 Å². The first kappa shape index (κ1) is 19.0. The van der Waals surface area contributed by atoms with Gasteiger partial charge in [0.25, 0.3) is 5.91 Å². The molecular formula is C24H25N3O2. The fraction of sp³-hybridized carbons (Fsp3) is 0.250. The summed E-state index contributed by atoms with van der Waals surface area (Å²) in [5.74, 6) is 0.0895. The zero-order valence-electron chi connectivity index (χ0n) is 17.0. The Balaban J connectivity index is 1.92. The number of aryl methyl sites for hydroxylation is 3. The van der Waals surface area contributed by atoms with Crippen LogP contribution in [-0.4, -0.2) is 32.7 Å². The number of nitrogens with zero attached hydrogens (tertiary/aromatic N) is 2. The summed E-state index contributed by atoms with van der Waals surface area (Å²) in [4.78, 5) is 14.9. The standard InChI is InChI=1S/C24H25N3O2/c1-5-11-27-22(17-9-7-16(6-2)8-10-17)19-20(25-26-21(19)24(27)29)18-13-14(3)12-15(4)23(18)28/h5,7-10,12-13,22,28H,1,6,11H2,2-4H3,(H,25,26). The predicted molar refractivity (Wildman–Crippen MR) is 114 cm³/mol. The van der Waals surface area contributed by atoms with Gasteiger partial charge in [-0.1, -0.05) is 43.3 Å². The van der Waals surface area contributed by atoms with Crippen molar-refractivity contribution in [2.45, 2.75) is 33.2 Å². The molecule has 0 saturated heterocycles. The lowest BCUT2D eigenvalue weighted by Crippen LogP contribution is -2.29.